The summed E-state index contributed by atoms with van der Waals surface area (Å²) < 4.78 is 2.29. The summed E-state index contributed by atoms with van der Waals surface area (Å²) in [6.07, 6.45) is 6.94. The van der Waals surface area contributed by atoms with Gasteiger partial charge in [0.05, 0.1) is 5.56 Å². The Hall–Kier alpha value is -2.80. The van der Waals surface area contributed by atoms with Crippen LogP contribution in [0.1, 0.15) is 66.0 Å². The number of nitrogens with one attached hydrogen (secondary N) is 2. The number of rotatable bonds is 7. The lowest BCUT2D eigenvalue weighted by atomic mass is 9.79. The van der Waals surface area contributed by atoms with Crippen LogP contribution < -0.4 is 10.9 Å². The molecule has 7 heteroatoms. The number of pyridine rings is 1. The Morgan fingerprint density at radius 2 is 1.94 bits per heavy atom. The van der Waals surface area contributed by atoms with E-state index < -0.39 is 0 Å². The summed E-state index contributed by atoms with van der Waals surface area (Å²) in [5.41, 5.74) is 3.87. The number of aromatic nitrogens is 2. The Kier molecular flexibility index (Phi) is 7.31. The molecule has 3 aromatic rings. The zero-order valence-corrected chi connectivity index (χ0v) is 21.1. The van der Waals surface area contributed by atoms with Gasteiger partial charge in [0, 0.05) is 51.3 Å². The molecule has 1 aromatic carbocycles. The fraction of sp³-hybridized carbons (Fsp3) is 0.444. The number of fused-ring (bicyclic) bond motifs is 1. The number of aromatic amines is 1. The number of aldehydes is 1. The van der Waals surface area contributed by atoms with Crippen molar-refractivity contribution < 1.29 is 9.59 Å². The third-order valence-corrected chi connectivity index (χ3v) is 8.16. The molecule has 0 bridgehead atoms. The van der Waals surface area contributed by atoms with Crippen LogP contribution in [0.5, 0.6) is 0 Å². The molecule has 2 aromatic heterocycles. The van der Waals surface area contributed by atoms with Crippen molar-refractivity contribution in [2.75, 3.05) is 6.26 Å². The molecule has 34 heavy (non-hydrogen) atoms. The second-order valence-corrected chi connectivity index (χ2v) is 10.3. The molecule has 0 unspecified atom stereocenters. The van der Waals surface area contributed by atoms with E-state index >= 15 is 0 Å². The van der Waals surface area contributed by atoms with Crippen molar-refractivity contribution in [2.24, 2.45) is 11.8 Å². The molecule has 4 rings (SSSR count). The van der Waals surface area contributed by atoms with Crippen molar-refractivity contribution in [1.82, 2.24) is 14.9 Å². The molecular formula is C27H33N3O3S. The Balaban J connectivity index is 1.64. The van der Waals surface area contributed by atoms with Gasteiger partial charge in [0.15, 0.2) is 0 Å². The highest BCUT2D eigenvalue weighted by Crippen LogP contribution is 2.39. The summed E-state index contributed by atoms with van der Waals surface area (Å²) in [7, 11) is 0. The highest BCUT2D eigenvalue weighted by molar-refractivity contribution is 7.98. The van der Waals surface area contributed by atoms with Gasteiger partial charge in [0.2, 0.25) is 0 Å². The largest absolute Gasteiger partial charge is 0.348 e. The average molecular weight is 480 g/mol. The number of carbonyl (C=O) groups is 2. The number of thioether (sulfide) groups is 1. The zero-order chi connectivity index (χ0) is 24.4. The summed E-state index contributed by atoms with van der Waals surface area (Å²) >= 11 is 1.51. The normalized spacial score (nSPS) is 19.2. The molecule has 1 atom stereocenters. The van der Waals surface area contributed by atoms with Crippen LogP contribution in [0.4, 0.5) is 0 Å². The molecular weight excluding hydrogens is 446 g/mol. The fourth-order valence-electron chi connectivity index (χ4n) is 5.47. The van der Waals surface area contributed by atoms with E-state index in [-0.39, 0.29) is 30.0 Å². The van der Waals surface area contributed by atoms with Gasteiger partial charge in [-0.3, -0.25) is 9.59 Å². The van der Waals surface area contributed by atoms with E-state index in [1.54, 1.807) is 0 Å². The third-order valence-electron chi connectivity index (χ3n) is 7.36. The molecule has 1 aliphatic carbocycles. The zero-order valence-electron chi connectivity index (χ0n) is 20.3. The smallest absolute Gasteiger partial charge is 0.254 e. The van der Waals surface area contributed by atoms with Gasteiger partial charge in [-0.25, -0.2) is 0 Å². The molecule has 1 aliphatic rings. The van der Waals surface area contributed by atoms with Crippen molar-refractivity contribution in [3.63, 3.8) is 0 Å². The number of aryl methyl sites for hydroxylation is 1. The molecule has 0 saturated heterocycles. The van der Waals surface area contributed by atoms with Crippen LogP contribution in [-0.4, -0.2) is 28.0 Å². The quantitative estimate of drug-likeness (QED) is 0.362. The fourth-order valence-corrected chi connectivity index (χ4v) is 6.18. The van der Waals surface area contributed by atoms with E-state index in [1.807, 2.05) is 44.4 Å². The van der Waals surface area contributed by atoms with Gasteiger partial charge in [-0.05, 0) is 70.8 Å². The number of hydrogen-bond donors (Lipinski definition) is 2. The lowest BCUT2D eigenvalue weighted by molar-refractivity contribution is -0.112. The van der Waals surface area contributed by atoms with Crippen LogP contribution in [0.3, 0.4) is 0 Å². The van der Waals surface area contributed by atoms with E-state index in [4.69, 9.17) is 0 Å². The van der Waals surface area contributed by atoms with E-state index in [9.17, 15) is 14.4 Å². The van der Waals surface area contributed by atoms with Gasteiger partial charge in [-0.1, -0.05) is 18.2 Å². The number of hydrogen-bond acceptors (Lipinski definition) is 4. The van der Waals surface area contributed by atoms with Crippen LogP contribution >= 0.6 is 11.8 Å². The summed E-state index contributed by atoms with van der Waals surface area (Å²) in [6, 6.07) is 10.2. The Bertz CT molecular complexity index is 1270. The number of para-hydroxylation sites is 1. The maximum absolute atomic E-state index is 13.4. The van der Waals surface area contributed by atoms with Gasteiger partial charge in [0.25, 0.3) is 11.5 Å². The molecule has 180 valence electrons. The van der Waals surface area contributed by atoms with Gasteiger partial charge >= 0.3 is 0 Å². The highest BCUT2D eigenvalue weighted by atomic mass is 32.2. The first-order valence-electron chi connectivity index (χ1n) is 12.0. The standard InChI is InChI=1S/C27H33N3O3S/c1-16-13-24(34-4)22(26(32)29-16)14-28-27(33)25-18(3)30(23-8-6-5-7-21(23)25)17(2)20-11-9-19(15-31)10-12-20/h5-8,13,15,17,19-20H,9-12,14H2,1-4H3,(H,28,33)(H,29,32)/t17-,19?,20?/m1/s1. The van der Waals surface area contributed by atoms with Gasteiger partial charge < -0.3 is 19.7 Å². The van der Waals surface area contributed by atoms with Crippen molar-refractivity contribution in [3.8, 4) is 0 Å². The minimum atomic E-state index is -0.170. The summed E-state index contributed by atoms with van der Waals surface area (Å²) in [5.74, 6) is 0.483. The number of amides is 1. The lowest BCUT2D eigenvalue weighted by Gasteiger charge is -2.32. The number of nitrogens with zero attached hydrogens (tertiary/aromatic N) is 1. The minimum absolute atomic E-state index is 0.164. The second-order valence-electron chi connectivity index (χ2n) is 9.41. The van der Waals surface area contributed by atoms with Crippen molar-refractivity contribution in [1.29, 1.82) is 0 Å². The molecule has 1 amide bonds. The third kappa shape index (κ3) is 4.58. The maximum atomic E-state index is 13.4. The average Bonchev–Trinajstić information content (AvgIpc) is 3.14. The number of benzene rings is 1. The predicted molar refractivity (Wildman–Crippen MR) is 138 cm³/mol. The Morgan fingerprint density at radius 3 is 2.62 bits per heavy atom. The maximum Gasteiger partial charge on any atom is 0.254 e. The first-order chi connectivity index (χ1) is 16.3. The second kappa shape index (κ2) is 10.2. The SMILES string of the molecule is CSc1cc(C)[nH]c(=O)c1CNC(=O)c1c(C)n([C@H](C)C2CCC(C=O)CC2)c2ccccc12. The van der Waals surface area contributed by atoms with E-state index in [1.165, 1.54) is 11.8 Å². The van der Waals surface area contributed by atoms with Crippen molar-refractivity contribution in [3.05, 3.63) is 63.2 Å². The van der Waals surface area contributed by atoms with E-state index in [2.05, 4.69) is 27.9 Å². The van der Waals surface area contributed by atoms with Gasteiger partial charge in [-0.2, -0.15) is 0 Å². The Morgan fingerprint density at radius 1 is 1.24 bits per heavy atom. The van der Waals surface area contributed by atoms with Gasteiger partial charge in [-0.15, -0.1) is 11.8 Å². The summed E-state index contributed by atoms with van der Waals surface area (Å²) in [6.45, 7) is 6.27. The molecule has 6 nitrogen and oxygen atoms in total. The minimum Gasteiger partial charge on any atom is -0.348 e. The molecule has 1 saturated carbocycles. The molecule has 2 heterocycles. The monoisotopic (exact) mass is 479 g/mol. The first-order valence-corrected chi connectivity index (χ1v) is 13.2. The molecule has 0 spiro atoms. The van der Waals surface area contributed by atoms with Crippen LogP contribution in [0.25, 0.3) is 10.9 Å². The molecule has 0 radical (unpaired) electrons. The number of carbonyl (C=O) groups excluding carboxylic acids is 2. The first kappa shape index (κ1) is 24.3. The summed E-state index contributed by atoms with van der Waals surface area (Å²) in [4.78, 5) is 40.9. The molecule has 2 N–H and O–H groups in total. The predicted octanol–water partition coefficient (Wildman–Crippen LogP) is 5.16. The van der Waals surface area contributed by atoms with Gasteiger partial charge in [0.1, 0.15) is 6.29 Å². The van der Waals surface area contributed by atoms with Crippen LogP contribution in [0, 0.1) is 25.7 Å². The lowest BCUT2D eigenvalue weighted by Crippen LogP contribution is -2.28. The molecule has 0 aliphatic heterocycles. The molecule has 1 fully saturated rings. The topological polar surface area (TPSA) is 84.0 Å². The van der Waals surface area contributed by atoms with Crippen LogP contribution in [-0.2, 0) is 11.3 Å². The summed E-state index contributed by atoms with van der Waals surface area (Å²) in [5, 5.41) is 3.93. The number of H-pyrrole nitrogens is 1. The van der Waals surface area contributed by atoms with Crippen molar-refractivity contribution >= 4 is 34.9 Å². The van der Waals surface area contributed by atoms with Crippen LogP contribution in [0.15, 0.2) is 40.0 Å². The highest BCUT2D eigenvalue weighted by Gasteiger charge is 2.29. The van der Waals surface area contributed by atoms with Crippen molar-refractivity contribution in [2.45, 2.75) is 63.9 Å². The Labute approximate surface area is 204 Å². The van der Waals surface area contributed by atoms with E-state index in [0.29, 0.717) is 17.0 Å². The van der Waals surface area contributed by atoms with Crippen LogP contribution in [0.2, 0.25) is 0 Å². The van der Waals surface area contributed by atoms with E-state index in [0.717, 1.165) is 59.2 Å².